The molecule has 1 aliphatic rings. The molecular formula is C29H31FN2O3. The van der Waals surface area contributed by atoms with Crippen molar-refractivity contribution in [1.29, 1.82) is 0 Å². The third-order valence-electron chi connectivity index (χ3n) is 6.67. The number of hydrogen-bond acceptors (Lipinski definition) is 3. The molecule has 3 aromatic carbocycles. The van der Waals surface area contributed by atoms with Crippen molar-refractivity contribution in [2.75, 3.05) is 26.7 Å². The van der Waals surface area contributed by atoms with E-state index in [0.717, 1.165) is 16.9 Å². The van der Waals surface area contributed by atoms with E-state index < -0.39 is 0 Å². The fraction of sp³-hybridized carbons (Fsp3) is 0.310. The molecular weight excluding hydrogens is 443 g/mol. The van der Waals surface area contributed by atoms with E-state index in [9.17, 15) is 14.0 Å². The zero-order valence-corrected chi connectivity index (χ0v) is 20.2. The Labute approximate surface area is 205 Å². The monoisotopic (exact) mass is 474 g/mol. The van der Waals surface area contributed by atoms with Crippen molar-refractivity contribution in [3.8, 4) is 5.75 Å². The maximum Gasteiger partial charge on any atom is 0.253 e. The second-order valence-electron chi connectivity index (χ2n) is 9.07. The molecule has 1 N–H and O–H groups in total. The number of rotatable bonds is 7. The molecule has 0 radical (unpaired) electrons. The summed E-state index contributed by atoms with van der Waals surface area (Å²) in [6.45, 7) is 3.05. The van der Waals surface area contributed by atoms with Gasteiger partial charge in [-0.1, -0.05) is 48.5 Å². The number of piperidine rings is 1. The van der Waals surface area contributed by atoms with Crippen molar-refractivity contribution in [3.05, 3.63) is 101 Å². The van der Waals surface area contributed by atoms with Gasteiger partial charge in [0.15, 0.2) is 0 Å². The second-order valence-corrected chi connectivity index (χ2v) is 9.07. The predicted octanol–water partition coefficient (Wildman–Crippen LogP) is 4.75. The summed E-state index contributed by atoms with van der Waals surface area (Å²) in [5, 5.41) is 3.05. The van der Waals surface area contributed by atoms with Crippen LogP contribution in [0, 0.1) is 18.7 Å². The van der Waals surface area contributed by atoms with Crippen LogP contribution in [-0.4, -0.2) is 43.5 Å². The lowest BCUT2D eigenvalue weighted by Gasteiger charge is -2.37. The van der Waals surface area contributed by atoms with Gasteiger partial charge >= 0.3 is 0 Å². The van der Waals surface area contributed by atoms with Gasteiger partial charge in [-0.05, 0) is 60.7 Å². The Balaban J connectivity index is 1.49. The number of methoxy groups -OCH3 is 1. The first-order valence-electron chi connectivity index (χ1n) is 12.0. The van der Waals surface area contributed by atoms with E-state index in [4.69, 9.17) is 4.74 Å². The zero-order chi connectivity index (χ0) is 24.8. The quantitative estimate of drug-likeness (QED) is 0.538. The van der Waals surface area contributed by atoms with E-state index in [0.29, 0.717) is 43.6 Å². The molecule has 0 aliphatic carbocycles. The molecule has 2 atom stereocenters. The third-order valence-corrected chi connectivity index (χ3v) is 6.67. The summed E-state index contributed by atoms with van der Waals surface area (Å²) in [7, 11) is 1.63. The van der Waals surface area contributed by atoms with E-state index in [1.165, 1.54) is 6.07 Å². The average molecular weight is 475 g/mol. The summed E-state index contributed by atoms with van der Waals surface area (Å²) in [5.74, 6) is -0.0430. The minimum Gasteiger partial charge on any atom is -0.496 e. The summed E-state index contributed by atoms with van der Waals surface area (Å²) < 4.78 is 19.3. The molecule has 1 heterocycles. The smallest absolute Gasteiger partial charge is 0.253 e. The van der Waals surface area contributed by atoms with Gasteiger partial charge in [0.1, 0.15) is 11.6 Å². The van der Waals surface area contributed by atoms with Gasteiger partial charge in [-0.25, -0.2) is 4.39 Å². The van der Waals surface area contributed by atoms with Gasteiger partial charge in [-0.15, -0.1) is 0 Å². The topological polar surface area (TPSA) is 58.6 Å². The largest absolute Gasteiger partial charge is 0.496 e. The molecule has 0 aromatic heterocycles. The fourth-order valence-electron chi connectivity index (χ4n) is 4.76. The first kappa shape index (κ1) is 24.5. The normalized spacial score (nSPS) is 17.6. The summed E-state index contributed by atoms with van der Waals surface area (Å²) in [4.78, 5) is 28.2. The standard InChI is InChI=1S/C29H31FN2O3/c1-20-16-23(12-13-26(20)30)24-17-25(19-32(18-24)29(34)22-9-4-3-5-10-22)28(33)31-15-14-21-8-6-7-11-27(21)35-2/h3-13,16,24-25H,14-15,17-19H2,1-2H3,(H,31,33)/t24-,25+/m1/s1. The minimum absolute atomic E-state index is 0.0549. The van der Waals surface area contributed by atoms with Crippen LogP contribution < -0.4 is 10.1 Å². The molecule has 0 unspecified atom stereocenters. The molecule has 4 rings (SSSR count). The van der Waals surface area contributed by atoms with Gasteiger partial charge in [-0.2, -0.15) is 0 Å². The Bertz CT molecular complexity index is 1180. The van der Waals surface area contributed by atoms with Crippen LogP contribution in [0.25, 0.3) is 0 Å². The lowest BCUT2D eigenvalue weighted by atomic mass is 9.83. The third kappa shape index (κ3) is 5.88. The summed E-state index contributed by atoms with van der Waals surface area (Å²) in [6.07, 6.45) is 1.25. The number of benzene rings is 3. The van der Waals surface area contributed by atoms with Crippen LogP contribution in [-0.2, 0) is 11.2 Å². The predicted molar refractivity (Wildman–Crippen MR) is 134 cm³/mol. The van der Waals surface area contributed by atoms with Crippen LogP contribution in [0.15, 0.2) is 72.8 Å². The molecule has 5 nitrogen and oxygen atoms in total. The number of halogens is 1. The first-order chi connectivity index (χ1) is 17.0. The maximum absolute atomic E-state index is 13.9. The summed E-state index contributed by atoms with van der Waals surface area (Å²) in [5.41, 5.74) is 3.13. The number of carbonyl (C=O) groups is 2. The Morgan fingerprint density at radius 2 is 1.77 bits per heavy atom. The van der Waals surface area contributed by atoms with Crippen LogP contribution in [0.2, 0.25) is 0 Å². The molecule has 0 spiro atoms. The highest BCUT2D eigenvalue weighted by molar-refractivity contribution is 5.94. The highest BCUT2D eigenvalue weighted by Gasteiger charge is 2.35. The number of carbonyl (C=O) groups excluding carboxylic acids is 2. The van der Waals surface area contributed by atoms with Crippen molar-refractivity contribution in [2.24, 2.45) is 5.92 Å². The molecule has 6 heteroatoms. The molecule has 1 fully saturated rings. The molecule has 1 aliphatic heterocycles. The Hall–Kier alpha value is -3.67. The average Bonchev–Trinajstić information content (AvgIpc) is 2.90. The number of hydrogen-bond donors (Lipinski definition) is 1. The van der Waals surface area contributed by atoms with Crippen LogP contribution in [0.3, 0.4) is 0 Å². The van der Waals surface area contributed by atoms with E-state index >= 15 is 0 Å². The van der Waals surface area contributed by atoms with E-state index in [1.807, 2.05) is 48.5 Å². The molecule has 1 saturated heterocycles. The van der Waals surface area contributed by atoms with E-state index in [1.54, 1.807) is 37.1 Å². The minimum atomic E-state index is -0.357. The lowest BCUT2D eigenvalue weighted by molar-refractivity contribution is -0.126. The molecule has 0 bridgehead atoms. The van der Waals surface area contributed by atoms with Crippen LogP contribution in [0.4, 0.5) is 4.39 Å². The van der Waals surface area contributed by atoms with Gasteiger partial charge in [-0.3, -0.25) is 9.59 Å². The van der Waals surface area contributed by atoms with Crippen LogP contribution >= 0.6 is 0 Å². The van der Waals surface area contributed by atoms with Gasteiger partial charge < -0.3 is 15.0 Å². The van der Waals surface area contributed by atoms with Crippen LogP contribution in [0.1, 0.15) is 39.4 Å². The molecule has 182 valence electrons. The van der Waals surface area contributed by atoms with Crippen molar-refractivity contribution < 1.29 is 18.7 Å². The number of nitrogens with zero attached hydrogens (tertiary/aromatic N) is 1. The Morgan fingerprint density at radius 1 is 1.03 bits per heavy atom. The summed E-state index contributed by atoms with van der Waals surface area (Å²) >= 11 is 0. The molecule has 35 heavy (non-hydrogen) atoms. The van der Waals surface area contributed by atoms with Gasteiger partial charge in [0.25, 0.3) is 5.91 Å². The number of aryl methyl sites for hydroxylation is 1. The van der Waals surface area contributed by atoms with Crippen molar-refractivity contribution in [3.63, 3.8) is 0 Å². The highest BCUT2D eigenvalue weighted by atomic mass is 19.1. The molecule has 0 saturated carbocycles. The number of likely N-dealkylation sites (tertiary alicyclic amines) is 1. The van der Waals surface area contributed by atoms with E-state index in [-0.39, 0.29) is 29.5 Å². The van der Waals surface area contributed by atoms with E-state index in [2.05, 4.69) is 5.32 Å². The van der Waals surface area contributed by atoms with Crippen molar-refractivity contribution in [1.82, 2.24) is 10.2 Å². The SMILES string of the molecule is COc1ccccc1CCNC(=O)[C@H]1C[C@@H](c2ccc(F)c(C)c2)CN(C(=O)c2ccccc2)C1. The molecule has 3 aromatic rings. The first-order valence-corrected chi connectivity index (χ1v) is 12.0. The number of amides is 2. The number of ether oxygens (including phenoxy) is 1. The highest BCUT2D eigenvalue weighted by Crippen LogP contribution is 2.32. The zero-order valence-electron chi connectivity index (χ0n) is 20.2. The Morgan fingerprint density at radius 3 is 2.51 bits per heavy atom. The van der Waals surface area contributed by atoms with Crippen molar-refractivity contribution >= 4 is 11.8 Å². The Kier molecular flexibility index (Phi) is 7.80. The number of para-hydroxylation sites is 1. The van der Waals surface area contributed by atoms with Gasteiger partial charge in [0.05, 0.1) is 13.0 Å². The van der Waals surface area contributed by atoms with Crippen LogP contribution in [0.5, 0.6) is 5.75 Å². The number of nitrogens with one attached hydrogen (secondary N) is 1. The second kappa shape index (κ2) is 11.2. The maximum atomic E-state index is 13.9. The summed E-state index contributed by atoms with van der Waals surface area (Å²) in [6, 6.07) is 21.9. The van der Waals surface area contributed by atoms with Gasteiger partial charge in [0, 0.05) is 31.1 Å². The van der Waals surface area contributed by atoms with Crippen molar-refractivity contribution in [2.45, 2.75) is 25.7 Å². The molecule has 2 amide bonds. The fourth-order valence-corrected chi connectivity index (χ4v) is 4.76. The lowest BCUT2D eigenvalue weighted by Crippen LogP contribution is -2.48. The van der Waals surface area contributed by atoms with Gasteiger partial charge in [0.2, 0.25) is 5.91 Å².